The van der Waals surface area contributed by atoms with Crippen molar-refractivity contribution < 1.29 is 32.6 Å². The summed E-state index contributed by atoms with van der Waals surface area (Å²) in [4.78, 5) is 23.2. The fraction of sp³-hybridized carbons (Fsp3) is 0.429. The van der Waals surface area contributed by atoms with E-state index in [-0.39, 0.29) is 29.0 Å². The first kappa shape index (κ1) is 16.0. The molecule has 0 aromatic heterocycles. The maximum Gasteiger partial charge on any atom is 0.387 e. The van der Waals surface area contributed by atoms with E-state index < -0.39 is 19.2 Å². The van der Waals surface area contributed by atoms with Crippen molar-refractivity contribution in [2.45, 2.75) is 25.5 Å². The fourth-order valence-electron chi connectivity index (χ4n) is 1.70. The van der Waals surface area contributed by atoms with Crippen LogP contribution in [0.4, 0.5) is 8.78 Å². The summed E-state index contributed by atoms with van der Waals surface area (Å²) in [5, 5.41) is 2.67. The third-order valence-electron chi connectivity index (χ3n) is 2.89. The van der Waals surface area contributed by atoms with Gasteiger partial charge in [-0.25, -0.2) is 4.79 Å². The van der Waals surface area contributed by atoms with E-state index in [4.69, 9.17) is 9.47 Å². The SMILES string of the molecule is COc1cc(C(=O)OCC(=O)NC2CC2)ccc1OC(F)F. The molecule has 1 amide bonds. The van der Waals surface area contributed by atoms with Gasteiger partial charge in [-0.1, -0.05) is 0 Å². The zero-order valence-electron chi connectivity index (χ0n) is 11.8. The number of carbonyl (C=O) groups excluding carboxylic acids is 2. The van der Waals surface area contributed by atoms with Gasteiger partial charge in [0.1, 0.15) is 0 Å². The van der Waals surface area contributed by atoms with Crippen LogP contribution in [-0.4, -0.2) is 38.2 Å². The molecule has 1 saturated carbocycles. The Morgan fingerprint density at radius 1 is 1.32 bits per heavy atom. The van der Waals surface area contributed by atoms with Crippen LogP contribution >= 0.6 is 0 Å². The molecule has 2 rings (SSSR count). The number of hydrogen-bond donors (Lipinski definition) is 1. The second kappa shape index (κ2) is 7.06. The zero-order valence-corrected chi connectivity index (χ0v) is 11.8. The van der Waals surface area contributed by atoms with E-state index in [0.29, 0.717) is 0 Å². The monoisotopic (exact) mass is 315 g/mol. The molecule has 0 saturated heterocycles. The Balaban J connectivity index is 1.95. The van der Waals surface area contributed by atoms with Gasteiger partial charge in [-0.3, -0.25) is 4.79 Å². The quantitative estimate of drug-likeness (QED) is 0.776. The average Bonchev–Trinajstić information content (AvgIpc) is 3.28. The van der Waals surface area contributed by atoms with Gasteiger partial charge < -0.3 is 19.5 Å². The molecule has 8 heteroatoms. The van der Waals surface area contributed by atoms with E-state index in [2.05, 4.69) is 10.1 Å². The Labute approximate surface area is 125 Å². The van der Waals surface area contributed by atoms with E-state index in [1.807, 2.05) is 0 Å². The largest absolute Gasteiger partial charge is 0.493 e. The zero-order chi connectivity index (χ0) is 16.1. The molecule has 0 bridgehead atoms. The van der Waals surface area contributed by atoms with E-state index in [1.165, 1.54) is 25.3 Å². The molecule has 0 radical (unpaired) electrons. The summed E-state index contributed by atoms with van der Waals surface area (Å²) in [7, 11) is 1.26. The molecular formula is C14H15F2NO5. The van der Waals surface area contributed by atoms with Crippen molar-refractivity contribution in [1.29, 1.82) is 0 Å². The van der Waals surface area contributed by atoms with Crippen LogP contribution in [0.25, 0.3) is 0 Å². The number of halogens is 2. The Hall–Kier alpha value is -2.38. The Bertz CT molecular complexity index is 560. The number of alkyl halides is 2. The summed E-state index contributed by atoms with van der Waals surface area (Å²) >= 11 is 0. The molecule has 0 spiro atoms. The van der Waals surface area contributed by atoms with Crippen molar-refractivity contribution >= 4 is 11.9 Å². The van der Waals surface area contributed by atoms with Gasteiger partial charge in [0, 0.05) is 6.04 Å². The number of carbonyl (C=O) groups is 2. The minimum atomic E-state index is -3.00. The summed E-state index contributed by atoms with van der Waals surface area (Å²) in [6.07, 6.45) is 1.87. The standard InChI is InChI=1S/C14H15F2NO5/c1-20-11-6-8(2-5-10(11)22-14(15)16)13(19)21-7-12(18)17-9-3-4-9/h2,5-6,9,14H,3-4,7H2,1H3,(H,17,18). The summed E-state index contributed by atoms with van der Waals surface area (Å²) in [6, 6.07) is 3.81. The van der Waals surface area contributed by atoms with Gasteiger partial charge in [-0.15, -0.1) is 0 Å². The van der Waals surface area contributed by atoms with Gasteiger partial charge >= 0.3 is 12.6 Å². The van der Waals surface area contributed by atoms with Crippen molar-refractivity contribution in [3.05, 3.63) is 23.8 Å². The average molecular weight is 315 g/mol. The number of benzene rings is 1. The molecule has 0 aliphatic heterocycles. The van der Waals surface area contributed by atoms with E-state index in [1.54, 1.807) is 0 Å². The van der Waals surface area contributed by atoms with Gasteiger partial charge in [0.05, 0.1) is 12.7 Å². The molecule has 22 heavy (non-hydrogen) atoms. The van der Waals surface area contributed by atoms with E-state index in [9.17, 15) is 18.4 Å². The van der Waals surface area contributed by atoms with E-state index in [0.717, 1.165) is 12.8 Å². The Morgan fingerprint density at radius 3 is 2.64 bits per heavy atom. The number of nitrogens with one attached hydrogen (secondary N) is 1. The number of amides is 1. The molecule has 120 valence electrons. The van der Waals surface area contributed by atoms with Crippen molar-refractivity contribution in [3.63, 3.8) is 0 Å². The maximum atomic E-state index is 12.2. The highest BCUT2D eigenvalue weighted by Crippen LogP contribution is 2.29. The van der Waals surface area contributed by atoms with Crippen LogP contribution in [0.5, 0.6) is 11.5 Å². The Kier molecular flexibility index (Phi) is 5.13. The Morgan fingerprint density at radius 2 is 2.05 bits per heavy atom. The third kappa shape index (κ3) is 4.57. The van der Waals surface area contributed by atoms with Crippen molar-refractivity contribution in [2.24, 2.45) is 0 Å². The van der Waals surface area contributed by atoms with Crippen LogP contribution in [0.2, 0.25) is 0 Å². The van der Waals surface area contributed by atoms with Crippen LogP contribution in [-0.2, 0) is 9.53 Å². The summed E-state index contributed by atoms with van der Waals surface area (Å²) in [5.41, 5.74) is 0.0673. The van der Waals surface area contributed by atoms with Gasteiger partial charge in [0.25, 0.3) is 5.91 Å². The number of esters is 1. The van der Waals surface area contributed by atoms with E-state index >= 15 is 0 Å². The van der Waals surface area contributed by atoms with Gasteiger partial charge in [-0.2, -0.15) is 8.78 Å². The van der Waals surface area contributed by atoms with Crippen molar-refractivity contribution in [3.8, 4) is 11.5 Å². The van der Waals surface area contributed by atoms with Gasteiger partial charge in [0.2, 0.25) is 0 Å². The van der Waals surface area contributed by atoms with Crippen LogP contribution < -0.4 is 14.8 Å². The first-order valence-corrected chi connectivity index (χ1v) is 6.59. The number of ether oxygens (including phenoxy) is 3. The molecule has 0 atom stereocenters. The summed E-state index contributed by atoms with van der Waals surface area (Å²) < 4.78 is 38.4. The highest BCUT2D eigenvalue weighted by atomic mass is 19.3. The normalized spacial score (nSPS) is 13.6. The lowest BCUT2D eigenvalue weighted by molar-refractivity contribution is -0.124. The molecule has 1 aliphatic rings. The molecule has 1 aromatic carbocycles. The minimum absolute atomic E-state index is 0.0304. The lowest BCUT2D eigenvalue weighted by Crippen LogP contribution is -2.30. The summed E-state index contributed by atoms with van der Waals surface area (Å²) in [5.74, 6) is -1.36. The number of hydrogen-bond acceptors (Lipinski definition) is 5. The first-order valence-electron chi connectivity index (χ1n) is 6.59. The molecule has 1 N–H and O–H groups in total. The predicted molar refractivity (Wildman–Crippen MR) is 71.1 cm³/mol. The van der Waals surface area contributed by atoms with Crippen LogP contribution in [0.3, 0.4) is 0 Å². The summed E-state index contributed by atoms with van der Waals surface area (Å²) in [6.45, 7) is -3.40. The van der Waals surface area contributed by atoms with Crippen molar-refractivity contribution in [1.82, 2.24) is 5.32 Å². The second-order valence-corrected chi connectivity index (χ2v) is 4.66. The van der Waals surface area contributed by atoms with Crippen LogP contribution in [0.1, 0.15) is 23.2 Å². The molecule has 1 aliphatic carbocycles. The van der Waals surface area contributed by atoms with Crippen LogP contribution in [0, 0.1) is 0 Å². The molecule has 0 unspecified atom stereocenters. The lowest BCUT2D eigenvalue weighted by Gasteiger charge is -2.11. The lowest BCUT2D eigenvalue weighted by atomic mass is 10.2. The van der Waals surface area contributed by atoms with Crippen LogP contribution in [0.15, 0.2) is 18.2 Å². The number of rotatable bonds is 7. The molecular weight excluding hydrogens is 300 g/mol. The minimum Gasteiger partial charge on any atom is -0.493 e. The molecule has 1 fully saturated rings. The van der Waals surface area contributed by atoms with Gasteiger partial charge in [-0.05, 0) is 31.0 Å². The fourth-order valence-corrected chi connectivity index (χ4v) is 1.70. The maximum absolute atomic E-state index is 12.2. The smallest absolute Gasteiger partial charge is 0.387 e. The third-order valence-corrected chi connectivity index (χ3v) is 2.89. The highest BCUT2D eigenvalue weighted by molar-refractivity contribution is 5.92. The van der Waals surface area contributed by atoms with Gasteiger partial charge in [0.15, 0.2) is 18.1 Å². The first-order chi connectivity index (χ1) is 10.5. The topological polar surface area (TPSA) is 73.9 Å². The molecule has 0 heterocycles. The molecule has 1 aromatic rings. The second-order valence-electron chi connectivity index (χ2n) is 4.66. The highest BCUT2D eigenvalue weighted by Gasteiger charge is 2.24. The van der Waals surface area contributed by atoms with Crippen molar-refractivity contribution in [2.75, 3.05) is 13.7 Å². The predicted octanol–water partition coefficient (Wildman–Crippen LogP) is 1.73. The molecule has 6 nitrogen and oxygen atoms in total. The number of methoxy groups -OCH3 is 1.